The maximum atomic E-state index is 2.26. The molecule has 0 aliphatic rings. The van der Waals surface area contributed by atoms with Crippen LogP contribution in [0, 0.1) is 0 Å². The molecule has 0 fully saturated rings. The normalized spacial score (nSPS) is 8.81. The number of unbranched alkanes of at least 4 members (excludes halogenated alkanes) is 1. The molecule has 0 spiro atoms. The summed E-state index contributed by atoms with van der Waals surface area (Å²) in [6.45, 7) is 2.24. The van der Waals surface area contributed by atoms with E-state index in [1.54, 1.807) is 0 Å². The van der Waals surface area contributed by atoms with Gasteiger partial charge in [0.05, 0.1) is 0 Å². The molecule has 2 rings (SSSR count). The second-order valence-corrected chi connectivity index (χ2v) is 3.55. The van der Waals surface area contributed by atoms with Gasteiger partial charge in [-0.15, -0.1) is 41.1 Å². The van der Waals surface area contributed by atoms with Gasteiger partial charge < -0.3 is 24.8 Å². The maximum Gasteiger partial charge on any atom is 3.00 e. The smallest absolute Gasteiger partial charge is 1.00 e. The Morgan fingerprint density at radius 3 is 2.50 bits per heavy atom. The van der Waals surface area contributed by atoms with Crippen molar-refractivity contribution in [2.45, 2.75) is 26.2 Å². The minimum Gasteiger partial charge on any atom is -1.00 e. The summed E-state index contributed by atoms with van der Waals surface area (Å²) < 4.78 is 0. The average molecular weight is 290 g/mol. The molecule has 0 saturated carbocycles. The van der Waals surface area contributed by atoms with Gasteiger partial charge in [0.25, 0.3) is 0 Å². The molecule has 16 heavy (non-hydrogen) atoms. The van der Waals surface area contributed by atoms with Gasteiger partial charge in [0.2, 0.25) is 0 Å². The first-order valence-electron chi connectivity index (χ1n) is 5.05. The number of halogens is 2. The van der Waals surface area contributed by atoms with E-state index in [1.807, 2.05) is 0 Å². The van der Waals surface area contributed by atoms with Crippen LogP contribution in [0.5, 0.6) is 0 Å². The minimum absolute atomic E-state index is 0. The molecule has 3 heteroatoms. The Hall–Kier alpha value is 0.124. The van der Waals surface area contributed by atoms with Gasteiger partial charge in [-0.25, -0.2) is 0 Å². The molecule has 2 aromatic rings. The Labute approximate surface area is 125 Å². The summed E-state index contributed by atoms with van der Waals surface area (Å²) in [5.41, 5.74) is 1.51. The monoisotopic (exact) mass is 289 g/mol. The SMILES string of the molecule is CCCCc1c[cH-]c2ccccc12.[Cl-].[Cl-].[Ti+3]. The molecule has 0 nitrogen and oxygen atoms in total. The molecule has 2 aromatic carbocycles. The zero-order valence-corrected chi connectivity index (χ0v) is 12.4. The molecule has 0 amide bonds. The van der Waals surface area contributed by atoms with E-state index >= 15 is 0 Å². The van der Waals surface area contributed by atoms with Gasteiger partial charge in [0.15, 0.2) is 0 Å². The largest absolute Gasteiger partial charge is 3.00 e. The van der Waals surface area contributed by atoms with Crippen LogP contribution >= 0.6 is 0 Å². The Balaban J connectivity index is 0. The molecule has 0 unspecified atom stereocenters. The van der Waals surface area contributed by atoms with Gasteiger partial charge in [-0.1, -0.05) is 32.3 Å². The van der Waals surface area contributed by atoms with Crippen LogP contribution in [0.1, 0.15) is 25.3 Å². The second kappa shape index (κ2) is 9.19. The molecular formula is C13H15Cl2Ti. The van der Waals surface area contributed by atoms with Crippen LogP contribution in [0.25, 0.3) is 10.8 Å². The van der Waals surface area contributed by atoms with E-state index in [-0.39, 0.29) is 46.5 Å². The number of fused-ring (bicyclic) bond motifs is 1. The zero-order valence-electron chi connectivity index (χ0n) is 9.34. The molecule has 0 aliphatic heterocycles. The summed E-state index contributed by atoms with van der Waals surface area (Å²) in [7, 11) is 0. The summed E-state index contributed by atoms with van der Waals surface area (Å²) in [6.07, 6.45) is 3.80. The first-order chi connectivity index (χ1) is 6.42. The molecule has 0 heterocycles. The van der Waals surface area contributed by atoms with E-state index in [1.165, 1.54) is 35.6 Å². The van der Waals surface area contributed by atoms with Crippen molar-refractivity contribution in [3.05, 3.63) is 42.0 Å². The first-order valence-corrected chi connectivity index (χ1v) is 5.05. The third kappa shape index (κ3) is 4.18. The van der Waals surface area contributed by atoms with E-state index in [0.29, 0.717) is 0 Å². The van der Waals surface area contributed by atoms with Crippen LogP contribution in [0.15, 0.2) is 36.4 Å². The van der Waals surface area contributed by atoms with Crippen molar-refractivity contribution in [3.8, 4) is 0 Å². The van der Waals surface area contributed by atoms with Gasteiger partial charge in [-0.3, -0.25) is 0 Å². The van der Waals surface area contributed by atoms with Gasteiger partial charge >= 0.3 is 21.7 Å². The van der Waals surface area contributed by atoms with Gasteiger partial charge in [-0.05, 0) is 0 Å². The molecule has 0 N–H and O–H groups in total. The van der Waals surface area contributed by atoms with E-state index < -0.39 is 0 Å². The van der Waals surface area contributed by atoms with Crippen LogP contribution < -0.4 is 24.8 Å². The van der Waals surface area contributed by atoms with E-state index in [4.69, 9.17) is 0 Å². The summed E-state index contributed by atoms with van der Waals surface area (Å²) >= 11 is 0. The van der Waals surface area contributed by atoms with E-state index in [9.17, 15) is 0 Å². The van der Waals surface area contributed by atoms with Crippen molar-refractivity contribution in [1.82, 2.24) is 0 Å². The van der Waals surface area contributed by atoms with Crippen LogP contribution in [-0.4, -0.2) is 0 Å². The average Bonchev–Trinajstić information content (AvgIpc) is 2.58. The van der Waals surface area contributed by atoms with Crippen LogP contribution in [0.2, 0.25) is 0 Å². The molecular weight excluding hydrogens is 275 g/mol. The van der Waals surface area contributed by atoms with Crippen molar-refractivity contribution < 1.29 is 46.5 Å². The third-order valence-electron chi connectivity index (χ3n) is 2.57. The zero-order chi connectivity index (χ0) is 9.10. The topological polar surface area (TPSA) is 0 Å². The molecule has 0 aromatic heterocycles. The molecule has 0 atom stereocenters. The minimum atomic E-state index is 0. The van der Waals surface area contributed by atoms with Crippen LogP contribution in [0.4, 0.5) is 0 Å². The fraction of sp³-hybridized carbons (Fsp3) is 0.308. The number of benzene rings is 1. The molecule has 85 valence electrons. The number of aryl methyl sites for hydroxylation is 1. The maximum absolute atomic E-state index is 2.26. The van der Waals surface area contributed by atoms with Crippen molar-refractivity contribution in [3.63, 3.8) is 0 Å². The second-order valence-electron chi connectivity index (χ2n) is 3.55. The Morgan fingerprint density at radius 1 is 1.12 bits per heavy atom. The van der Waals surface area contributed by atoms with Gasteiger partial charge in [-0.2, -0.15) is 5.56 Å². The fourth-order valence-corrected chi connectivity index (χ4v) is 1.80. The Bertz CT molecular complexity index is 395. The standard InChI is InChI=1S/C13H15.2ClH.Ti/c1-2-3-6-11-9-10-12-7-4-5-8-13(11)12;;;/h4-5,7-10H,2-3,6H2,1H3;2*1H;/q-1;;;+3/p-2. The van der Waals surface area contributed by atoms with Crippen molar-refractivity contribution in [2.24, 2.45) is 0 Å². The summed E-state index contributed by atoms with van der Waals surface area (Å²) in [5, 5.41) is 2.82. The van der Waals surface area contributed by atoms with Crippen molar-refractivity contribution in [2.75, 3.05) is 0 Å². The van der Waals surface area contributed by atoms with Gasteiger partial charge in [0.1, 0.15) is 0 Å². The van der Waals surface area contributed by atoms with E-state index in [0.717, 1.165) is 0 Å². The first kappa shape index (κ1) is 18.5. The van der Waals surface area contributed by atoms with Crippen molar-refractivity contribution in [1.29, 1.82) is 0 Å². The molecule has 0 bridgehead atoms. The van der Waals surface area contributed by atoms with Crippen LogP contribution in [0.3, 0.4) is 0 Å². The fourth-order valence-electron chi connectivity index (χ4n) is 1.80. The van der Waals surface area contributed by atoms with Gasteiger partial charge in [0, 0.05) is 0 Å². The van der Waals surface area contributed by atoms with E-state index in [2.05, 4.69) is 43.3 Å². The Morgan fingerprint density at radius 2 is 1.81 bits per heavy atom. The predicted octanol–water partition coefficient (Wildman–Crippen LogP) is -2.09. The Kier molecular flexibility index (Phi) is 10.6. The molecule has 1 radical (unpaired) electrons. The molecule has 0 saturated heterocycles. The predicted molar refractivity (Wildman–Crippen MR) is 58.2 cm³/mol. The summed E-state index contributed by atoms with van der Waals surface area (Å²) in [4.78, 5) is 0. The molecule has 0 aliphatic carbocycles. The summed E-state index contributed by atoms with van der Waals surface area (Å²) in [6, 6.07) is 13.1. The number of hydrogen-bond donors (Lipinski definition) is 0. The van der Waals surface area contributed by atoms with Crippen molar-refractivity contribution >= 4 is 10.8 Å². The number of rotatable bonds is 3. The quantitative estimate of drug-likeness (QED) is 0.449. The third-order valence-corrected chi connectivity index (χ3v) is 2.57. The van der Waals surface area contributed by atoms with Crippen LogP contribution in [-0.2, 0) is 28.1 Å². The number of hydrogen-bond acceptors (Lipinski definition) is 0. The summed E-state index contributed by atoms with van der Waals surface area (Å²) in [5.74, 6) is 0.